The van der Waals surface area contributed by atoms with E-state index in [9.17, 15) is 14.9 Å². The second kappa shape index (κ2) is 7.65. The fraction of sp³-hybridized carbons (Fsp3) is 0.105. The molecule has 0 aromatic heterocycles. The first-order valence-corrected chi connectivity index (χ1v) is 9.01. The van der Waals surface area contributed by atoms with Crippen molar-refractivity contribution >= 4 is 40.9 Å². The van der Waals surface area contributed by atoms with E-state index in [1.807, 2.05) is 24.3 Å². The van der Waals surface area contributed by atoms with E-state index in [1.54, 1.807) is 36.4 Å². The van der Waals surface area contributed by atoms with Crippen molar-refractivity contribution in [2.75, 3.05) is 4.90 Å². The van der Waals surface area contributed by atoms with Crippen LogP contribution in [0.5, 0.6) is 0 Å². The van der Waals surface area contributed by atoms with Gasteiger partial charge >= 0.3 is 0 Å². The van der Waals surface area contributed by atoms with Crippen LogP contribution in [-0.2, 0) is 16.0 Å². The zero-order chi connectivity index (χ0) is 18.7. The van der Waals surface area contributed by atoms with Crippen LogP contribution in [0.2, 0.25) is 5.02 Å². The number of amides is 2. The van der Waals surface area contributed by atoms with Gasteiger partial charge in [-0.3, -0.25) is 14.5 Å². The predicted octanol–water partition coefficient (Wildman–Crippen LogP) is 3.25. The zero-order valence-corrected chi connectivity index (χ0v) is 15.1. The van der Waals surface area contributed by atoms with Gasteiger partial charge in [0.05, 0.1) is 5.25 Å². The topological polar surface area (TPSA) is 87.2 Å². The molecule has 1 aliphatic rings. The van der Waals surface area contributed by atoms with E-state index in [4.69, 9.17) is 17.3 Å². The summed E-state index contributed by atoms with van der Waals surface area (Å²) in [4.78, 5) is 26.1. The summed E-state index contributed by atoms with van der Waals surface area (Å²) in [6.45, 7) is 0. The Morgan fingerprint density at radius 2 is 1.85 bits per heavy atom. The molecule has 1 aliphatic heterocycles. The molecule has 3 rings (SSSR count). The Morgan fingerprint density at radius 3 is 2.42 bits per heavy atom. The molecule has 0 saturated carbocycles. The van der Waals surface area contributed by atoms with E-state index < -0.39 is 11.2 Å². The van der Waals surface area contributed by atoms with Gasteiger partial charge in [-0.2, -0.15) is 5.26 Å². The van der Waals surface area contributed by atoms with Crippen LogP contribution in [0.1, 0.15) is 5.56 Å². The van der Waals surface area contributed by atoms with E-state index in [1.165, 1.54) is 16.7 Å². The molecular formula is C19H14ClN3O2S. The molecule has 1 atom stereocenters. The quantitative estimate of drug-likeness (QED) is 0.648. The molecule has 130 valence electrons. The highest BCUT2D eigenvalue weighted by molar-refractivity contribution is 8.05. The summed E-state index contributed by atoms with van der Waals surface area (Å²) in [6.07, 6.45) is 0.449. The summed E-state index contributed by atoms with van der Waals surface area (Å²) in [6, 6.07) is 17.9. The zero-order valence-electron chi connectivity index (χ0n) is 13.6. The van der Waals surface area contributed by atoms with E-state index >= 15 is 0 Å². The molecule has 1 saturated heterocycles. The minimum Gasteiger partial charge on any atom is -0.365 e. The SMILES string of the molecule is N#C/C(C(N)=O)=C1/S[C@H](Cc2ccc(Cl)cc2)C(=O)N1c1ccccc1. The number of para-hydroxylation sites is 1. The Bertz CT molecular complexity index is 920. The molecule has 1 fully saturated rings. The summed E-state index contributed by atoms with van der Waals surface area (Å²) in [7, 11) is 0. The maximum atomic E-state index is 13.0. The Morgan fingerprint density at radius 1 is 1.19 bits per heavy atom. The van der Waals surface area contributed by atoms with Crippen molar-refractivity contribution in [1.29, 1.82) is 5.26 Å². The average Bonchev–Trinajstić information content (AvgIpc) is 2.94. The lowest BCUT2D eigenvalue weighted by Crippen LogP contribution is -2.30. The molecule has 2 N–H and O–H groups in total. The first-order valence-electron chi connectivity index (χ1n) is 7.75. The number of thioether (sulfide) groups is 1. The van der Waals surface area contributed by atoms with Crippen LogP contribution in [0, 0.1) is 11.3 Å². The maximum Gasteiger partial charge on any atom is 0.262 e. The van der Waals surface area contributed by atoms with Gasteiger partial charge < -0.3 is 5.73 Å². The third-order valence-electron chi connectivity index (χ3n) is 3.87. The van der Waals surface area contributed by atoms with Gasteiger partial charge in [-0.25, -0.2) is 0 Å². The van der Waals surface area contributed by atoms with Crippen LogP contribution in [-0.4, -0.2) is 17.1 Å². The molecule has 0 spiro atoms. The van der Waals surface area contributed by atoms with Crippen molar-refractivity contribution < 1.29 is 9.59 Å². The Balaban J connectivity index is 2.00. The number of carbonyl (C=O) groups is 2. The molecule has 1 heterocycles. The smallest absolute Gasteiger partial charge is 0.262 e. The molecular weight excluding hydrogens is 370 g/mol. The van der Waals surface area contributed by atoms with Crippen molar-refractivity contribution in [1.82, 2.24) is 0 Å². The monoisotopic (exact) mass is 383 g/mol. The van der Waals surface area contributed by atoms with Gasteiger partial charge in [-0.15, -0.1) is 0 Å². The third-order valence-corrected chi connectivity index (χ3v) is 5.39. The standard InChI is InChI=1S/C19H14ClN3O2S/c20-13-8-6-12(7-9-13)10-16-18(25)23(14-4-2-1-3-5-14)19(26-16)15(11-21)17(22)24/h1-9,16H,10H2,(H2,22,24)/b19-15-/t16-/m1/s1. The predicted molar refractivity (Wildman–Crippen MR) is 102 cm³/mol. The number of rotatable bonds is 4. The largest absolute Gasteiger partial charge is 0.365 e. The van der Waals surface area contributed by atoms with Crippen molar-refractivity contribution in [2.45, 2.75) is 11.7 Å². The molecule has 2 aromatic rings. The molecule has 0 radical (unpaired) electrons. The van der Waals surface area contributed by atoms with Crippen LogP contribution in [0.25, 0.3) is 0 Å². The molecule has 2 aromatic carbocycles. The van der Waals surface area contributed by atoms with Crippen LogP contribution in [0.15, 0.2) is 65.2 Å². The molecule has 26 heavy (non-hydrogen) atoms. The fourth-order valence-electron chi connectivity index (χ4n) is 2.65. The van der Waals surface area contributed by atoms with Gasteiger partial charge in [0.15, 0.2) is 0 Å². The van der Waals surface area contributed by atoms with Gasteiger partial charge in [0.2, 0.25) is 5.91 Å². The highest BCUT2D eigenvalue weighted by Gasteiger charge is 2.40. The van der Waals surface area contributed by atoms with E-state index in [0.29, 0.717) is 17.1 Å². The van der Waals surface area contributed by atoms with Crippen molar-refractivity contribution in [3.05, 3.63) is 75.8 Å². The summed E-state index contributed by atoms with van der Waals surface area (Å²) in [5, 5.41) is 9.77. The first kappa shape index (κ1) is 18.1. The lowest BCUT2D eigenvalue weighted by Gasteiger charge is -2.18. The first-order chi connectivity index (χ1) is 12.5. The van der Waals surface area contributed by atoms with Crippen LogP contribution in [0.4, 0.5) is 5.69 Å². The Hall–Kier alpha value is -2.75. The van der Waals surface area contributed by atoms with Crippen molar-refractivity contribution in [3.8, 4) is 6.07 Å². The second-order valence-electron chi connectivity index (χ2n) is 5.60. The Kier molecular flexibility index (Phi) is 5.31. The molecule has 0 unspecified atom stereocenters. The van der Waals surface area contributed by atoms with Crippen molar-refractivity contribution in [2.24, 2.45) is 5.73 Å². The lowest BCUT2D eigenvalue weighted by molar-refractivity contribution is -0.117. The third kappa shape index (κ3) is 3.59. The molecule has 0 aliphatic carbocycles. The van der Waals surface area contributed by atoms with E-state index in [2.05, 4.69) is 0 Å². The minimum atomic E-state index is -0.851. The van der Waals surface area contributed by atoms with Crippen molar-refractivity contribution in [3.63, 3.8) is 0 Å². The van der Waals surface area contributed by atoms with E-state index in [-0.39, 0.29) is 16.5 Å². The number of carbonyl (C=O) groups excluding carboxylic acids is 2. The highest BCUT2D eigenvalue weighted by Crippen LogP contribution is 2.41. The Labute approximate surface area is 160 Å². The number of anilines is 1. The molecule has 7 heteroatoms. The lowest BCUT2D eigenvalue weighted by atomic mass is 10.1. The van der Waals surface area contributed by atoms with Gasteiger partial charge in [-0.1, -0.05) is 53.7 Å². The summed E-state index contributed by atoms with van der Waals surface area (Å²) < 4.78 is 0. The molecule has 0 bridgehead atoms. The summed E-state index contributed by atoms with van der Waals surface area (Å²) in [5.41, 5.74) is 6.65. The highest BCUT2D eigenvalue weighted by atomic mass is 35.5. The number of hydrogen-bond donors (Lipinski definition) is 1. The molecule has 2 amide bonds. The molecule has 5 nitrogen and oxygen atoms in total. The average molecular weight is 384 g/mol. The normalized spacial score (nSPS) is 18.5. The van der Waals surface area contributed by atoms with Gasteiger partial charge in [0.1, 0.15) is 16.7 Å². The fourth-order valence-corrected chi connectivity index (χ4v) is 4.09. The van der Waals surface area contributed by atoms with E-state index in [0.717, 1.165) is 5.56 Å². The second-order valence-corrected chi connectivity index (χ2v) is 7.23. The van der Waals surface area contributed by atoms with Gasteiger partial charge in [-0.05, 0) is 36.2 Å². The number of hydrogen-bond acceptors (Lipinski definition) is 4. The van der Waals surface area contributed by atoms with Crippen LogP contribution >= 0.6 is 23.4 Å². The minimum absolute atomic E-state index is 0.194. The number of halogens is 1. The number of benzene rings is 2. The van der Waals surface area contributed by atoms with Crippen LogP contribution < -0.4 is 10.6 Å². The summed E-state index contributed by atoms with van der Waals surface area (Å²) in [5.74, 6) is -1.05. The van der Waals surface area contributed by atoms with Crippen LogP contribution in [0.3, 0.4) is 0 Å². The number of primary amides is 1. The number of nitrogens with zero attached hydrogens (tertiary/aromatic N) is 2. The van der Waals surface area contributed by atoms with Gasteiger partial charge in [0, 0.05) is 10.7 Å². The van der Waals surface area contributed by atoms with Gasteiger partial charge in [0.25, 0.3) is 5.91 Å². The number of nitriles is 1. The maximum absolute atomic E-state index is 13.0. The number of nitrogens with two attached hydrogens (primary N) is 1. The summed E-state index contributed by atoms with van der Waals surface area (Å²) >= 11 is 7.08.